The van der Waals surface area contributed by atoms with Gasteiger partial charge >= 0.3 is 0 Å². The molecular formula is C49H30N2O2. The maximum atomic E-state index is 13.9. The molecular weight excluding hydrogens is 649 g/mol. The van der Waals surface area contributed by atoms with E-state index in [9.17, 15) is 4.79 Å². The van der Waals surface area contributed by atoms with E-state index in [4.69, 9.17) is 4.42 Å². The first kappa shape index (κ1) is 29.5. The van der Waals surface area contributed by atoms with Crippen LogP contribution in [0.15, 0.2) is 191 Å². The zero-order valence-corrected chi connectivity index (χ0v) is 28.5. The zero-order valence-electron chi connectivity index (χ0n) is 28.5. The van der Waals surface area contributed by atoms with Gasteiger partial charge in [-0.2, -0.15) is 0 Å². The van der Waals surface area contributed by atoms with E-state index in [1.807, 2.05) is 36.4 Å². The van der Waals surface area contributed by atoms with E-state index in [1.54, 1.807) is 0 Å². The van der Waals surface area contributed by atoms with Crippen LogP contribution in [-0.2, 0) is 0 Å². The monoisotopic (exact) mass is 678 g/mol. The predicted octanol–water partition coefficient (Wildman–Crippen LogP) is 12.5. The topological polar surface area (TPSA) is 40.1 Å². The van der Waals surface area contributed by atoms with Crippen molar-refractivity contribution in [1.82, 2.24) is 9.13 Å². The van der Waals surface area contributed by atoms with Gasteiger partial charge in [-0.15, -0.1) is 0 Å². The van der Waals surface area contributed by atoms with Crippen LogP contribution >= 0.6 is 0 Å². The standard InChI is InChI=1S/C49H30N2O2/c52-49-41-27-21-34(32-19-25-36(26-20-32)51-45-15-7-3-11-39(45)40-12-4-8-16-46(40)51)30-48(41)53-47-28-22-33(29-42(47)49)31-17-23-35(24-18-31)50-43-13-5-1-9-37(43)38-10-2-6-14-44(38)50/h1-30H. The number of rotatable bonds is 4. The molecule has 248 valence electrons. The molecule has 0 saturated carbocycles. The quantitative estimate of drug-likeness (QED) is 0.174. The van der Waals surface area contributed by atoms with Gasteiger partial charge in [0.2, 0.25) is 5.43 Å². The van der Waals surface area contributed by atoms with Crippen LogP contribution in [0.4, 0.5) is 0 Å². The van der Waals surface area contributed by atoms with Gasteiger partial charge in [0.25, 0.3) is 0 Å². The highest BCUT2D eigenvalue weighted by molar-refractivity contribution is 6.10. The van der Waals surface area contributed by atoms with Crippen molar-refractivity contribution in [3.63, 3.8) is 0 Å². The molecule has 0 spiro atoms. The second-order valence-corrected chi connectivity index (χ2v) is 13.7. The van der Waals surface area contributed by atoms with Crippen LogP contribution in [0.25, 0.3) is 99.2 Å². The summed E-state index contributed by atoms with van der Waals surface area (Å²) in [6.45, 7) is 0. The van der Waals surface area contributed by atoms with Crippen molar-refractivity contribution in [3.05, 3.63) is 192 Å². The van der Waals surface area contributed by atoms with Crippen LogP contribution in [0.3, 0.4) is 0 Å². The molecule has 0 aliphatic rings. The Morgan fingerprint density at radius 3 is 1.19 bits per heavy atom. The zero-order chi connectivity index (χ0) is 35.0. The Kier molecular flexibility index (Phi) is 6.37. The third kappa shape index (κ3) is 4.52. The van der Waals surface area contributed by atoms with Crippen molar-refractivity contribution in [2.75, 3.05) is 0 Å². The second-order valence-electron chi connectivity index (χ2n) is 13.7. The number of para-hydroxylation sites is 4. The number of hydrogen-bond donors (Lipinski definition) is 0. The molecule has 11 aromatic rings. The highest BCUT2D eigenvalue weighted by atomic mass is 16.3. The summed E-state index contributed by atoms with van der Waals surface area (Å²) in [6.07, 6.45) is 0. The predicted molar refractivity (Wildman–Crippen MR) is 220 cm³/mol. The van der Waals surface area contributed by atoms with E-state index in [0.717, 1.165) is 33.6 Å². The van der Waals surface area contributed by atoms with Crippen LogP contribution in [0.5, 0.6) is 0 Å². The van der Waals surface area contributed by atoms with E-state index in [-0.39, 0.29) is 5.43 Å². The molecule has 4 nitrogen and oxygen atoms in total. The molecule has 0 radical (unpaired) electrons. The average molecular weight is 679 g/mol. The maximum Gasteiger partial charge on any atom is 0.200 e. The van der Waals surface area contributed by atoms with Gasteiger partial charge in [0.15, 0.2) is 0 Å². The van der Waals surface area contributed by atoms with Crippen molar-refractivity contribution in [1.29, 1.82) is 0 Å². The lowest BCUT2D eigenvalue weighted by Gasteiger charge is -2.11. The molecule has 0 aliphatic carbocycles. The van der Waals surface area contributed by atoms with Crippen LogP contribution in [-0.4, -0.2) is 9.13 Å². The smallest absolute Gasteiger partial charge is 0.200 e. The SMILES string of the molecule is O=c1c2ccc(-c3ccc(-n4c5ccccc5c5ccccc54)cc3)cc2oc2ccc(-c3ccc(-n4c5ccccc5c5ccccc54)cc3)cc12. The minimum Gasteiger partial charge on any atom is -0.456 e. The molecule has 0 N–H and O–H groups in total. The summed E-state index contributed by atoms with van der Waals surface area (Å²) in [7, 11) is 0. The first-order valence-corrected chi connectivity index (χ1v) is 17.9. The molecule has 11 rings (SSSR count). The summed E-state index contributed by atoms with van der Waals surface area (Å²) < 4.78 is 11.0. The van der Waals surface area contributed by atoms with Crippen molar-refractivity contribution in [2.45, 2.75) is 0 Å². The van der Waals surface area contributed by atoms with Crippen molar-refractivity contribution in [3.8, 4) is 33.6 Å². The Bertz CT molecular complexity index is 3180. The van der Waals surface area contributed by atoms with E-state index >= 15 is 0 Å². The minimum atomic E-state index is -0.0294. The Labute approximate surface area is 304 Å². The Morgan fingerprint density at radius 1 is 0.321 bits per heavy atom. The molecule has 3 aromatic heterocycles. The molecule has 4 heteroatoms. The number of nitrogens with zero attached hydrogens (tertiary/aromatic N) is 2. The van der Waals surface area contributed by atoms with Gasteiger partial charge in [0.1, 0.15) is 11.2 Å². The number of fused-ring (bicyclic) bond motifs is 8. The number of aromatic nitrogens is 2. The lowest BCUT2D eigenvalue weighted by atomic mass is 10.0. The van der Waals surface area contributed by atoms with Gasteiger partial charge in [0.05, 0.1) is 32.8 Å². The lowest BCUT2D eigenvalue weighted by Crippen LogP contribution is -2.02. The second kappa shape index (κ2) is 11.4. The molecule has 0 unspecified atom stereocenters. The Hall–Kier alpha value is -7.17. The Morgan fingerprint density at radius 2 is 0.717 bits per heavy atom. The van der Waals surface area contributed by atoms with Crippen LogP contribution in [0.1, 0.15) is 0 Å². The molecule has 0 fully saturated rings. The normalized spacial score (nSPS) is 11.8. The van der Waals surface area contributed by atoms with E-state index in [1.165, 1.54) is 43.6 Å². The van der Waals surface area contributed by atoms with Gasteiger partial charge < -0.3 is 13.6 Å². The average Bonchev–Trinajstić information content (AvgIpc) is 3.74. The summed E-state index contributed by atoms with van der Waals surface area (Å²) in [5.74, 6) is 0. The van der Waals surface area contributed by atoms with Crippen LogP contribution < -0.4 is 5.43 Å². The number of hydrogen-bond acceptors (Lipinski definition) is 2. The Balaban J connectivity index is 0.932. The summed E-state index contributed by atoms with van der Waals surface area (Å²) >= 11 is 0. The highest BCUT2D eigenvalue weighted by Gasteiger charge is 2.15. The molecule has 3 heterocycles. The van der Waals surface area contributed by atoms with E-state index in [2.05, 4.69) is 155 Å². The summed E-state index contributed by atoms with van der Waals surface area (Å²) in [4.78, 5) is 13.9. The van der Waals surface area contributed by atoms with Crippen molar-refractivity contribution < 1.29 is 4.42 Å². The third-order valence-electron chi connectivity index (χ3n) is 10.7. The molecule has 53 heavy (non-hydrogen) atoms. The van der Waals surface area contributed by atoms with Crippen molar-refractivity contribution >= 4 is 65.6 Å². The first-order valence-electron chi connectivity index (χ1n) is 17.9. The van der Waals surface area contributed by atoms with E-state index in [0.29, 0.717) is 21.9 Å². The summed E-state index contributed by atoms with van der Waals surface area (Å²) in [5, 5.41) is 6.10. The third-order valence-corrected chi connectivity index (χ3v) is 10.7. The number of benzene rings is 8. The molecule has 0 atom stereocenters. The summed E-state index contributed by atoms with van der Waals surface area (Å²) in [5.41, 5.74) is 12.1. The van der Waals surface area contributed by atoms with Gasteiger partial charge in [-0.3, -0.25) is 4.79 Å². The molecule has 0 aliphatic heterocycles. The summed E-state index contributed by atoms with van der Waals surface area (Å²) in [6, 6.07) is 63.1. The van der Waals surface area contributed by atoms with Crippen LogP contribution in [0.2, 0.25) is 0 Å². The minimum absolute atomic E-state index is 0.0294. The largest absolute Gasteiger partial charge is 0.456 e. The highest BCUT2D eigenvalue weighted by Crippen LogP contribution is 2.35. The first-order chi connectivity index (χ1) is 26.2. The molecule has 0 bridgehead atoms. The fourth-order valence-electron chi connectivity index (χ4n) is 8.22. The van der Waals surface area contributed by atoms with Crippen LogP contribution in [0, 0.1) is 0 Å². The van der Waals surface area contributed by atoms with E-state index < -0.39 is 0 Å². The molecule has 8 aromatic carbocycles. The van der Waals surface area contributed by atoms with Gasteiger partial charge in [-0.25, -0.2) is 0 Å². The fraction of sp³-hybridized carbons (Fsp3) is 0. The van der Waals surface area contributed by atoms with Crippen molar-refractivity contribution in [2.24, 2.45) is 0 Å². The molecule has 0 amide bonds. The maximum absolute atomic E-state index is 13.9. The fourth-order valence-corrected chi connectivity index (χ4v) is 8.22. The van der Waals surface area contributed by atoms with Gasteiger partial charge in [-0.1, -0.05) is 109 Å². The lowest BCUT2D eigenvalue weighted by molar-refractivity contribution is 0.660. The molecule has 0 saturated heterocycles. The van der Waals surface area contributed by atoms with Gasteiger partial charge in [0, 0.05) is 32.9 Å². The van der Waals surface area contributed by atoms with Gasteiger partial charge in [-0.05, 0) is 95.1 Å².